The second-order valence-corrected chi connectivity index (χ2v) is 7.74. The number of carbonyl (C=O) groups is 1. The van der Waals surface area contributed by atoms with Crippen LogP contribution in [0.3, 0.4) is 0 Å². The zero-order valence-corrected chi connectivity index (χ0v) is 15.8. The molecule has 2 aromatic heterocycles. The number of fused-ring (bicyclic) bond motifs is 1. The van der Waals surface area contributed by atoms with Crippen molar-refractivity contribution in [3.8, 4) is 0 Å². The number of amides is 1. The van der Waals surface area contributed by atoms with Crippen LogP contribution in [-0.4, -0.2) is 57.1 Å². The van der Waals surface area contributed by atoms with E-state index in [0.29, 0.717) is 17.1 Å². The Labute approximate surface area is 154 Å². The summed E-state index contributed by atoms with van der Waals surface area (Å²) < 4.78 is 3.41. The summed E-state index contributed by atoms with van der Waals surface area (Å²) in [4.78, 5) is 30.0. The van der Waals surface area contributed by atoms with Gasteiger partial charge in [-0.2, -0.15) is 0 Å². The van der Waals surface area contributed by atoms with Crippen molar-refractivity contribution in [3.05, 3.63) is 34.4 Å². The molecule has 2 aromatic rings. The molecular weight excluding hydrogens is 328 g/mol. The summed E-state index contributed by atoms with van der Waals surface area (Å²) in [5, 5.41) is 0.615. The van der Waals surface area contributed by atoms with Crippen LogP contribution < -0.4 is 5.56 Å². The lowest BCUT2D eigenvalue weighted by molar-refractivity contribution is 0.0582. The molecular formula is C20H28N4O2. The molecule has 2 aliphatic rings. The summed E-state index contributed by atoms with van der Waals surface area (Å²) >= 11 is 0. The van der Waals surface area contributed by atoms with Gasteiger partial charge in [-0.15, -0.1) is 0 Å². The van der Waals surface area contributed by atoms with Crippen LogP contribution in [0.4, 0.5) is 0 Å². The minimum absolute atomic E-state index is 0.0443. The van der Waals surface area contributed by atoms with Crippen molar-refractivity contribution in [2.45, 2.75) is 38.1 Å². The van der Waals surface area contributed by atoms with Gasteiger partial charge in [-0.05, 0) is 50.9 Å². The van der Waals surface area contributed by atoms with Gasteiger partial charge in [0.05, 0.1) is 10.9 Å². The molecule has 140 valence electrons. The van der Waals surface area contributed by atoms with Crippen LogP contribution in [0.25, 0.3) is 10.9 Å². The number of hydrogen-bond donors (Lipinski definition) is 0. The maximum absolute atomic E-state index is 13.1. The van der Waals surface area contributed by atoms with E-state index in [1.54, 1.807) is 23.9 Å². The molecule has 0 radical (unpaired) electrons. The summed E-state index contributed by atoms with van der Waals surface area (Å²) in [6.45, 7) is 4.04. The largest absolute Gasteiger partial charge is 0.339 e. The van der Waals surface area contributed by atoms with Crippen molar-refractivity contribution in [2.75, 3.05) is 26.2 Å². The zero-order chi connectivity index (χ0) is 18.3. The Hall–Kier alpha value is -2.08. The molecule has 0 aromatic carbocycles. The van der Waals surface area contributed by atoms with Gasteiger partial charge in [0.2, 0.25) is 0 Å². The molecule has 6 heteroatoms. The number of likely N-dealkylation sites (tertiary alicyclic amines) is 2. The molecule has 6 nitrogen and oxygen atoms in total. The SMILES string of the molecule is Cn1ccc2c(cc(C(=O)N3CCC(N4CCCCC4)CC3)n2C)c1=O. The first-order chi connectivity index (χ1) is 12.6. The minimum atomic E-state index is -0.0547. The predicted octanol–water partition coefficient (Wildman–Crippen LogP) is 1.97. The average Bonchev–Trinajstić information content (AvgIpc) is 3.02. The van der Waals surface area contributed by atoms with Gasteiger partial charge in [0.25, 0.3) is 11.5 Å². The molecule has 0 atom stereocenters. The Morgan fingerprint density at radius 1 is 1.04 bits per heavy atom. The highest BCUT2D eigenvalue weighted by Gasteiger charge is 2.29. The number of aryl methyl sites for hydroxylation is 2. The first-order valence-electron chi connectivity index (χ1n) is 9.74. The normalized spacial score (nSPS) is 20.0. The molecule has 2 fully saturated rings. The molecule has 0 bridgehead atoms. The summed E-state index contributed by atoms with van der Waals surface area (Å²) in [6.07, 6.45) is 7.83. The van der Waals surface area contributed by atoms with Crippen LogP contribution in [-0.2, 0) is 14.1 Å². The average molecular weight is 356 g/mol. The molecule has 0 aliphatic carbocycles. The third kappa shape index (κ3) is 2.96. The fourth-order valence-electron chi connectivity index (χ4n) is 4.52. The summed E-state index contributed by atoms with van der Waals surface area (Å²) in [5.74, 6) is 0.0443. The van der Waals surface area contributed by atoms with Crippen LogP contribution in [0, 0.1) is 0 Å². The van der Waals surface area contributed by atoms with Gasteiger partial charge in [-0.25, -0.2) is 0 Å². The standard InChI is InChI=1S/C20H28N4O2/c1-21-11-8-17-16(19(21)25)14-18(22(17)2)20(26)24-12-6-15(7-13-24)23-9-4-3-5-10-23/h8,11,14-15H,3-7,9-10,12-13H2,1-2H3. The Balaban J connectivity index is 1.50. The van der Waals surface area contributed by atoms with E-state index in [1.165, 1.54) is 32.4 Å². The molecule has 2 saturated heterocycles. The molecule has 2 aliphatic heterocycles. The molecule has 4 rings (SSSR count). The third-order valence-corrected chi connectivity index (χ3v) is 6.16. The van der Waals surface area contributed by atoms with Crippen LogP contribution >= 0.6 is 0 Å². The number of carbonyl (C=O) groups excluding carboxylic acids is 1. The van der Waals surface area contributed by atoms with E-state index in [2.05, 4.69) is 4.90 Å². The molecule has 1 amide bonds. The highest BCUT2D eigenvalue weighted by Crippen LogP contribution is 2.23. The van der Waals surface area contributed by atoms with Crippen molar-refractivity contribution in [1.29, 1.82) is 0 Å². The van der Waals surface area contributed by atoms with Crippen LogP contribution in [0.1, 0.15) is 42.6 Å². The van der Waals surface area contributed by atoms with Crippen LogP contribution in [0.15, 0.2) is 23.1 Å². The Morgan fingerprint density at radius 2 is 1.73 bits per heavy atom. The van der Waals surface area contributed by atoms with Gasteiger partial charge in [-0.3, -0.25) is 9.59 Å². The Morgan fingerprint density at radius 3 is 2.42 bits per heavy atom. The molecule has 26 heavy (non-hydrogen) atoms. The van der Waals surface area contributed by atoms with Crippen molar-refractivity contribution in [1.82, 2.24) is 18.9 Å². The predicted molar refractivity (Wildman–Crippen MR) is 103 cm³/mol. The third-order valence-electron chi connectivity index (χ3n) is 6.16. The first-order valence-corrected chi connectivity index (χ1v) is 9.74. The van der Waals surface area contributed by atoms with Gasteiger partial charge < -0.3 is 18.9 Å². The van der Waals surface area contributed by atoms with Gasteiger partial charge in [0.15, 0.2) is 0 Å². The maximum Gasteiger partial charge on any atom is 0.270 e. The lowest BCUT2D eigenvalue weighted by Gasteiger charge is -2.40. The maximum atomic E-state index is 13.1. The van der Waals surface area contributed by atoms with Gasteiger partial charge in [0.1, 0.15) is 5.69 Å². The van der Waals surface area contributed by atoms with E-state index >= 15 is 0 Å². The second-order valence-electron chi connectivity index (χ2n) is 7.74. The van der Waals surface area contributed by atoms with E-state index in [4.69, 9.17) is 0 Å². The molecule has 4 heterocycles. The van der Waals surface area contributed by atoms with E-state index in [-0.39, 0.29) is 11.5 Å². The lowest BCUT2D eigenvalue weighted by Crippen LogP contribution is -2.48. The van der Waals surface area contributed by atoms with Gasteiger partial charge >= 0.3 is 0 Å². The number of pyridine rings is 1. The Kier molecular flexibility index (Phi) is 4.61. The minimum Gasteiger partial charge on any atom is -0.339 e. The summed E-state index contributed by atoms with van der Waals surface area (Å²) in [7, 11) is 3.61. The fraction of sp³-hybridized carbons (Fsp3) is 0.600. The number of rotatable bonds is 2. The molecule has 0 saturated carbocycles. The van der Waals surface area contributed by atoms with E-state index in [1.807, 2.05) is 22.6 Å². The highest BCUT2D eigenvalue weighted by atomic mass is 16.2. The van der Waals surface area contributed by atoms with E-state index in [9.17, 15) is 9.59 Å². The molecule has 0 spiro atoms. The topological polar surface area (TPSA) is 50.5 Å². The monoisotopic (exact) mass is 356 g/mol. The zero-order valence-electron chi connectivity index (χ0n) is 15.8. The number of hydrogen-bond acceptors (Lipinski definition) is 3. The van der Waals surface area contributed by atoms with Crippen molar-refractivity contribution in [3.63, 3.8) is 0 Å². The molecule has 0 unspecified atom stereocenters. The quantitative estimate of drug-likeness (QED) is 0.827. The van der Waals surface area contributed by atoms with Crippen LogP contribution in [0.5, 0.6) is 0 Å². The van der Waals surface area contributed by atoms with E-state index in [0.717, 1.165) is 31.4 Å². The van der Waals surface area contributed by atoms with E-state index < -0.39 is 0 Å². The fourth-order valence-corrected chi connectivity index (χ4v) is 4.52. The summed E-state index contributed by atoms with van der Waals surface area (Å²) in [5.41, 5.74) is 1.38. The van der Waals surface area contributed by atoms with Crippen molar-refractivity contribution >= 4 is 16.8 Å². The van der Waals surface area contributed by atoms with Gasteiger partial charge in [-0.1, -0.05) is 6.42 Å². The molecule has 0 N–H and O–H groups in total. The second kappa shape index (κ2) is 6.91. The van der Waals surface area contributed by atoms with Crippen molar-refractivity contribution < 1.29 is 4.79 Å². The highest BCUT2D eigenvalue weighted by molar-refractivity contribution is 5.98. The lowest BCUT2D eigenvalue weighted by atomic mass is 9.99. The summed E-state index contributed by atoms with van der Waals surface area (Å²) in [6, 6.07) is 4.28. The smallest absolute Gasteiger partial charge is 0.270 e. The number of piperidine rings is 2. The first kappa shape index (κ1) is 17.3. The van der Waals surface area contributed by atoms with Crippen LogP contribution in [0.2, 0.25) is 0 Å². The van der Waals surface area contributed by atoms with Gasteiger partial charge in [0, 0.05) is 39.4 Å². The Bertz CT molecular complexity index is 868. The van der Waals surface area contributed by atoms with Crippen molar-refractivity contribution in [2.24, 2.45) is 14.1 Å². The number of aromatic nitrogens is 2. The number of nitrogens with zero attached hydrogens (tertiary/aromatic N) is 4.